The van der Waals surface area contributed by atoms with Gasteiger partial charge in [-0.3, -0.25) is 14.9 Å². The minimum absolute atomic E-state index is 0.0529. The Morgan fingerprint density at radius 1 is 1.39 bits per heavy atom. The van der Waals surface area contributed by atoms with Gasteiger partial charge in [-0.05, 0) is 32.0 Å². The van der Waals surface area contributed by atoms with Gasteiger partial charge in [0, 0.05) is 17.7 Å². The lowest BCUT2D eigenvalue weighted by molar-refractivity contribution is -0.121. The molecule has 1 unspecified atom stereocenters. The van der Waals surface area contributed by atoms with E-state index in [0.717, 1.165) is 0 Å². The van der Waals surface area contributed by atoms with Crippen LogP contribution in [0.4, 0.5) is 10.1 Å². The van der Waals surface area contributed by atoms with Crippen molar-refractivity contribution in [3.8, 4) is 17.7 Å². The highest BCUT2D eigenvalue weighted by molar-refractivity contribution is 6.03. The van der Waals surface area contributed by atoms with Crippen molar-refractivity contribution in [2.24, 2.45) is 10.7 Å². The van der Waals surface area contributed by atoms with E-state index in [9.17, 15) is 14.0 Å². The maximum absolute atomic E-state index is 14.5. The van der Waals surface area contributed by atoms with Crippen molar-refractivity contribution < 1.29 is 18.7 Å². The number of anilines is 1. The number of hydrogen-bond acceptors (Lipinski definition) is 7. The molecule has 0 spiro atoms. The SMILES string of the molecule is CC#CCCOc1cnc(C(=O)Nc2ccc(F)c(C3(C)CC(=O)NC(N)=N3)c2)cn1. The van der Waals surface area contributed by atoms with Crippen LogP contribution in [0.2, 0.25) is 0 Å². The van der Waals surface area contributed by atoms with E-state index in [4.69, 9.17) is 10.5 Å². The summed E-state index contributed by atoms with van der Waals surface area (Å²) in [5.74, 6) is 4.33. The van der Waals surface area contributed by atoms with E-state index in [1.54, 1.807) is 13.8 Å². The summed E-state index contributed by atoms with van der Waals surface area (Å²) in [5.41, 5.74) is 4.93. The van der Waals surface area contributed by atoms with Crippen molar-refractivity contribution in [2.75, 3.05) is 11.9 Å². The quantitative estimate of drug-likeness (QED) is 0.478. The second-order valence-electron chi connectivity index (χ2n) is 6.91. The minimum atomic E-state index is -1.20. The molecule has 0 saturated heterocycles. The molecular formula is C21H21FN6O3. The zero-order valence-corrected chi connectivity index (χ0v) is 17.0. The summed E-state index contributed by atoms with van der Waals surface area (Å²) in [5, 5.41) is 5.02. The number of carbonyl (C=O) groups is 2. The van der Waals surface area contributed by atoms with E-state index >= 15 is 0 Å². The molecule has 1 aliphatic rings. The Kier molecular flexibility index (Phi) is 6.45. The van der Waals surface area contributed by atoms with E-state index in [0.29, 0.717) is 18.7 Å². The lowest BCUT2D eigenvalue weighted by Crippen LogP contribution is -2.46. The van der Waals surface area contributed by atoms with Crippen molar-refractivity contribution in [3.63, 3.8) is 0 Å². The number of hydrogen-bond donors (Lipinski definition) is 3. The number of aromatic nitrogens is 2. The van der Waals surface area contributed by atoms with Gasteiger partial charge in [0.15, 0.2) is 5.96 Å². The van der Waals surface area contributed by atoms with Gasteiger partial charge in [0.25, 0.3) is 5.91 Å². The number of nitrogens with one attached hydrogen (secondary N) is 2. The Morgan fingerprint density at radius 2 is 2.19 bits per heavy atom. The molecule has 1 aromatic heterocycles. The standard InChI is InChI=1S/C21H21FN6O3/c1-3-4-5-8-31-18-12-24-16(11-25-18)19(30)26-13-6-7-15(22)14(9-13)21(2)10-17(29)27-20(23)28-21/h6-7,9,11-12H,5,8,10H2,1-2H3,(H,26,30)(H3,23,27,28,29). The van der Waals surface area contributed by atoms with Crippen LogP contribution in [0.5, 0.6) is 5.88 Å². The number of nitrogens with zero attached hydrogens (tertiary/aromatic N) is 3. The van der Waals surface area contributed by atoms with Gasteiger partial charge in [-0.15, -0.1) is 11.8 Å². The topological polar surface area (TPSA) is 132 Å². The molecule has 0 bridgehead atoms. The van der Waals surface area contributed by atoms with Gasteiger partial charge in [0.1, 0.15) is 18.1 Å². The Balaban J connectivity index is 1.73. The average Bonchev–Trinajstić information content (AvgIpc) is 2.72. The minimum Gasteiger partial charge on any atom is -0.476 e. The molecule has 10 heteroatoms. The van der Waals surface area contributed by atoms with Crippen LogP contribution in [0.15, 0.2) is 35.6 Å². The van der Waals surface area contributed by atoms with Crippen molar-refractivity contribution in [2.45, 2.75) is 32.2 Å². The number of aliphatic imine (C=N–C) groups is 1. The molecule has 0 radical (unpaired) electrons. The zero-order chi connectivity index (χ0) is 22.4. The van der Waals surface area contributed by atoms with E-state index in [2.05, 4.69) is 37.4 Å². The summed E-state index contributed by atoms with van der Waals surface area (Å²) >= 11 is 0. The fourth-order valence-corrected chi connectivity index (χ4v) is 3.04. The summed E-state index contributed by atoms with van der Waals surface area (Å²) in [4.78, 5) is 36.6. The number of carbonyl (C=O) groups excluding carboxylic acids is 2. The van der Waals surface area contributed by atoms with Gasteiger partial charge >= 0.3 is 0 Å². The molecule has 1 aliphatic heterocycles. The van der Waals surface area contributed by atoms with Crippen LogP contribution in [0, 0.1) is 17.7 Å². The molecular weight excluding hydrogens is 403 g/mol. The van der Waals surface area contributed by atoms with Crippen LogP contribution in [-0.4, -0.2) is 34.3 Å². The van der Waals surface area contributed by atoms with E-state index in [1.807, 2.05) is 0 Å². The fourth-order valence-electron chi connectivity index (χ4n) is 3.04. The van der Waals surface area contributed by atoms with Crippen LogP contribution in [0.25, 0.3) is 0 Å². The zero-order valence-electron chi connectivity index (χ0n) is 17.0. The van der Waals surface area contributed by atoms with E-state index in [-0.39, 0.29) is 35.4 Å². The van der Waals surface area contributed by atoms with Crippen molar-refractivity contribution >= 4 is 23.5 Å². The third-order valence-corrected chi connectivity index (χ3v) is 4.46. The highest BCUT2D eigenvalue weighted by atomic mass is 19.1. The predicted molar refractivity (Wildman–Crippen MR) is 112 cm³/mol. The van der Waals surface area contributed by atoms with Gasteiger partial charge < -0.3 is 15.8 Å². The number of amides is 2. The van der Waals surface area contributed by atoms with Crippen LogP contribution >= 0.6 is 0 Å². The average molecular weight is 424 g/mol. The molecule has 31 heavy (non-hydrogen) atoms. The fraction of sp³-hybridized carbons (Fsp3) is 0.286. The number of nitrogens with two attached hydrogens (primary N) is 1. The van der Waals surface area contributed by atoms with Crippen LogP contribution in [0.1, 0.15) is 42.7 Å². The number of ether oxygens (including phenoxy) is 1. The first-order valence-corrected chi connectivity index (χ1v) is 9.42. The number of rotatable bonds is 6. The number of guanidine groups is 1. The third kappa shape index (κ3) is 5.33. The lowest BCUT2D eigenvalue weighted by Gasteiger charge is -2.30. The van der Waals surface area contributed by atoms with Gasteiger partial charge in [-0.2, -0.15) is 0 Å². The molecule has 2 aromatic rings. The largest absolute Gasteiger partial charge is 0.476 e. The molecule has 160 valence electrons. The lowest BCUT2D eigenvalue weighted by atomic mass is 9.87. The van der Waals surface area contributed by atoms with Crippen molar-refractivity contribution in [1.82, 2.24) is 15.3 Å². The van der Waals surface area contributed by atoms with E-state index in [1.165, 1.54) is 30.6 Å². The van der Waals surface area contributed by atoms with Crippen LogP contribution in [0.3, 0.4) is 0 Å². The molecule has 1 aromatic carbocycles. The summed E-state index contributed by atoms with van der Waals surface area (Å²) in [6.07, 6.45) is 3.09. The Labute approximate surface area is 178 Å². The second-order valence-corrected chi connectivity index (χ2v) is 6.91. The first kappa shape index (κ1) is 21.7. The third-order valence-electron chi connectivity index (χ3n) is 4.46. The summed E-state index contributed by atoms with van der Waals surface area (Å²) in [6.45, 7) is 3.70. The Bertz CT molecular complexity index is 1090. The molecule has 1 atom stereocenters. The molecule has 0 saturated carbocycles. The smallest absolute Gasteiger partial charge is 0.275 e. The van der Waals surface area contributed by atoms with Gasteiger partial charge in [-0.1, -0.05) is 0 Å². The summed E-state index contributed by atoms with van der Waals surface area (Å²) in [6, 6.07) is 4.01. The summed E-state index contributed by atoms with van der Waals surface area (Å²) < 4.78 is 19.9. The maximum Gasteiger partial charge on any atom is 0.275 e. The highest BCUT2D eigenvalue weighted by Crippen LogP contribution is 2.34. The molecule has 4 N–H and O–H groups in total. The van der Waals surface area contributed by atoms with Crippen LogP contribution in [-0.2, 0) is 10.3 Å². The van der Waals surface area contributed by atoms with Gasteiger partial charge in [0.05, 0.1) is 24.4 Å². The van der Waals surface area contributed by atoms with Gasteiger partial charge in [-0.25, -0.2) is 19.4 Å². The Morgan fingerprint density at radius 3 is 2.87 bits per heavy atom. The Hall–Kier alpha value is -4.00. The normalized spacial score (nSPS) is 17.6. The maximum atomic E-state index is 14.5. The molecule has 9 nitrogen and oxygen atoms in total. The summed E-state index contributed by atoms with van der Waals surface area (Å²) in [7, 11) is 0. The van der Waals surface area contributed by atoms with Gasteiger partial charge in [0.2, 0.25) is 11.8 Å². The second kappa shape index (κ2) is 9.21. The molecule has 2 amide bonds. The highest BCUT2D eigenvalue weighted by Gasteiger charge is 2.35. The van der Waals surface area contributed by atoms with Crippen molar-refractivity contribution in [1.29, 1.82) is 0 Å². The first-order valence-electron chi connectivity index (χ1n) is 9.42. The predicted octanol–water partition coefficient (Wildman–Crippen LogP) is 1.71. The molecule has 2 heterocycles. The molecule has 3 rings (SSSR count). The van der Waals surface area contributed by atoms with E-state index < -0.39 is 17.3 Å². The van der Waals surface area contributed by atoms with Crippen molar-refractivity contribution in [3.05, 3.63) is 47.7 Å². The first-order chi connectivity index (χ1) is 14.8. The number of halogens is 1. The monoisotopic (exact) mass is 424 g/mol. The van der Waals surface area contributed by atoms with Crippen LogP contribution < -0.4 is 21.1 Å². The number of benzene rings is 1. The molecule has 0 fully saturated rings. The molecule has 0 aliphatic carbocycles.